The first-order valence-corrected chi connectivity index (χ1v) is 9.36. The molecule has 1 aromatic carbocycles. The van der Waals surface area contributed by atoms with Gasteiger partial charge in [0.2, 0.25) is 0 Å². The molecule has 0 saturated carbocycles. The van der Waals surface area contributed by atoms with Crippen LogP contribution in [0.1, 0.15) is 47.6 Å². The molecule has 0 aliphatic rings. The fourth-order valence-corrected chi connectivity index (χ4v) is 2.89. The van der Waals surface area contributed by atoms with Crippen molar-refractivity contribution >= 4 is 5.91 Å². The third kappa shape index (κ3) is 5.07. The molecule has 1 amide bonds. The number of rotatable bonds is 8. The molecule has 148 valence electrons. The largest absolute Gasteiger partial charge is 0.388 e. The number of nitrogens with zero attached hydrogens (tertiary/aromatic N) is 4. The average Bonchev–Trinajstić information content (AvgIpc) is 3.30. The molecule has 2 heterocycles. The molecule has 0 aliphatic carbocycles. The van der Waals surface area contributed by atoms with Crippen molar-refractivity contribution in [3.05, 3.63) is 71.4 Å². The van der Waals surface area contributed by atoms with E-state index in [4.69, 9.17) is 4.52 Å². The molecule has 0 spiro atoms. The van der Waals surface area contributed by atoms with Crippen molar-refractivity contribution < 1.29 is 14.4 Å². The van der Waals surface area contributed by atoms with Gasteiger partial charge in [0.25, 0.3) is 5.91 Å². The number of carbonyl (C=O) groups is 1. The number of hydrogen-bond donors (Lipinski definition) is 1. The smallest absolute Gasteiger partial charge is 0.276 e. The van der Waals surface area contributed by atoms with Gasteiger partial charge in [0.1, 0.15) is 6.54 Å². The minimum absolute atomic E-state index is 0.206. The van der Waals surface area contributed by atoms with Crippen LogP contribution in [0.3, 0.4) is 0 Å². The summed E-state index contributed by atoms with van der Waals surface area (Å²) in [5.74, 6) is 0.276. The van der Waals surface area contributed by atoms with Crippen LogP contribution in [0.15, 0.2) is 53.3 Å². The summed E-state index contributed by atoms with van der Waals surface area (Å²) in [5.41, 5.74) is 1.27. The Morgan fingerprint density at radius 1 is 1.32 bits per heavy atom. The molecule has 0 aliphatic heterocycles. The van der Waals surface area contributed by atoms with E-state index in [1.165, 1.54) is 0 Å². The van der Waals surface area contributed by atoms with E-state index >= 15 is 0 Å². The Morgan fingerprint density at radius 3 is 2.71 bits per heavy atom. The van der Waals surface area contributed by atoms with Gasteiger partial charge in [-0.25, -0.2) is 0 Å². The van der Waals surface area contributed by atoms with Crippen molar-refractivity contribution in [2.75, 3.05) is 6.54 Å². The van der Waals surface area contributed by atoms with Gasteiger partial charge in [-0.3, -0.25) is 9.48 Å². The molecule has 1 N–H and O–H groups in total. The molecule has 0 fully saturated rings. The van der Waals surface area contributed by atoms with E-state index in [9.17, 15) is 9.90 Å². The lowest BCUT2D eigenvalue weighted by Gasteiger charge is -2.30. The van der Waals surface area contributed by atoms with Gasteiger partial charge >= 0.3 is 0 Å². The third-order valence-corrected chi connectivity index (χ3v) is 4.65. The van der Waals surface area contributed by atoms with Gasteiger partial charge in [-0.05, 0) is 31.4 Å². The first-order valence-electron chi connectivity index (χ1n) is 9.36. The van der Waals surface area contributed by atoms with E-state index in [1.54, 1.807) is 28.8 Å². The zero-order chi connectivity index (χ0) is 20.1. The number of benzene rings is 1. The molecule has 1 atom stereocenters. The Hall–Kier alpha value is -2.93. The van der Waals surface area contributed by atoms with Crippen LogP contribution in [-0.4, -0.2) is 43.0 Å². The normalized spacial score (nSPS) is 13.3. The van der Waals surface area contributed by atoms with Crippen LogP contribution in [0.25, 0.3) is 0 Å². The van der Waals surface area contributed by atoms with Crippen molar-refractivity contribution in [2.24, 2.45) is 0 Å². The molecular weight excluding hydrogens is 356 g/mol. The summed E-state index contributed by atoms with van der Waals surface area (Å²) in [7, 11) is 0. The zero-order valence-electron chi connectivity index (χ0n) is 16.5. The first-order chi connectivity index (χ1) is 13.4. The molecule has 3 aromatic rings. The van der Waals surface area contributed by atoms with Crippen LogP contribution in [0, 0.1) is 6.92 Å². The maximum Gasteiger partial charge on any atom is 0.276 e. The predicted octanol–water partition coefficient (Wildman–Crippen LogP) is 3.03. The van der Waals surface area contributed by atoms with Gasteiger partial charge in [0.05, 0.1) is 11.8 Å². The Morgan fingerprint density at radius 2 is 2.07 bits per heavy atom. The minimum Gasteiger partial charge on any atom is -0.388 e. The van der Waals surface area contributed by atoms with Gasteiger partial charge < -0.3 is 14.5 Å². The fourth-order valence-electron chi connectivity index (χ4n) is 2.89. The molecule has 7 nitrogen and oxygen atoms in total. The van der Waals surface area contributed by atoms with Crippen molar-refractivity contribution in [3.63, 3.8) is 0 Å². The SMILES string of the molecule is CCC(C)(O)CN(Cc1ccccc1)C(=O)c1cc(Cn2cc(C)cn2)on1. The standard InChI is InChI=1S/C21H26N4O3/c1-4-21(3,27)15-24(13-17-8-6-5-7-9-17)20(26)19-10-18(28-23-19)14-25-12-16(2)11-22-25/h5-12,27H,4,13-15H2,1-3H3. The maximum atomic E-state index is 13.1. The highest BCUT2D eigenvalue weighted by Crippen LogP contribution is 2.17. The number of aryl methyl sites for hydroxylation is 1. The van der Waals surface area contributed by atoms with Crippen molar-refractivity contribution in [3.8, 4) is 0 Å². The Balaban J connectivity index is 1.78. The number of carbonyl (C=O) groups excluding carboxylic acids is 1. The monoisotopic (exact) mass is 382 g/mol. The Kier molecular flexibility index (Phi) is 5.94. The lowest BCUT2D eigenvalue weighted by Crippen LogP contribution is -2.43. The molecule has 3 rings (SSSR count). The molecular formula is C21H26N4O3. The summed E-state index contributed by atoms with van der Waals surface area (Å²) in [4.78, 5) is 14.7. The van der Waals surface area contributed by atoms with Crippen molar-refractivity contribution in [1.82, 2.24) is 19.8 Å². The summed E-state index contributed by atoms with van der Waals surface area (Å²) in [6.07, 6.45) is 4.19. The third-order valence-electron chi connectivity index (χ3n) is 4.65. The minimum atomic E-state index is -0.983. The van der Waals surface area contributed by atoms with Crippen LogP contribution >= 0.6 is 0 Å². The average molecular weight is 382 g/mol. The first kappa shape index (κ1) is 19.8. The van der Waals surface area contributed by atoms with Gasteiger partial charge in [-0.2, -0.15) is 5.10 Å². The molecule has 0 radical (unpaired) electrons. The van der Waals surface area contributed by atoms with E-state index in [1.807, 2.05) is 50.4 Å². The van der Waals surface area contributed by atoms with E-state index in [2.05, 4.69) is 10.3 Å². The summed E-state index contributed by atoms with van der Waals surface area (Å²) in [6.45, 7) is 6.57. The van der Waals surface area contributed by atoms with Crippen LogP contribution in [-0.2, 0) is 13.1 Å². The van der Waals surface area contributed by atoms with Gasteiger partial charge in [0, 0.05) is 25.4 Å². The highest BCUT2D eigenvalue weighted by atomic mass is 16.5. The Labute approximate surface area is 164 Å². The number of hydrogen-bond acceptors (Lipinski definition) is 5. The topological polar surface area (TPSA) is 84.4 Å². The summed E-state index contributed by atoms with van der Waals surface area (Å²) in [6, 6.07) is 11.3. The van der Waals surface area contributed by atoms with E-state index < -0.39 is 5.60 Å². The number of amides is 1. The molecule has 0 saturated heterocycles. The molecule has 0 bridgehead atoms. The Bertz CT molecular complexity index is 915. The van der Waals surface area contributed by atoms with Crippen molar-refractivity contribution in [1.29, 1.82) is 0 Å². The lowest BCUT2D eigenvalue weighted by atomic mass is 10.0. The second-order valence-corrected chi connectivity index (χ2v) is 7.39. The van der Waals surface area contributed by atoms with Gasteiger partial charge in [-0.15, -0.1) is 0 Å². The second-order valence-electron chi connectivity index (χ2n) is 7.39. The second kappa shape index (κ2) is 8.39. The zero-order valence-corrected chi connectivity index (χ0v) is 16.5. The maximum absolute atomic E-state index is 13.1. The van der Waals surface area contributed by atoms with E-state index in [0.717, 1.165) is 11.1 Å². The van der Waals surface area contributed by atoms with Crippen LogP contribution < -0.4 is 0 Å². The van der Waals surface area contributed by atoms with Gasteiger partial charge in [-0.1, -0.05) is 42.4 Å². The summed E-state index contributed by atoms with van der Waals surface area (Å²) < 4.78 is 7.06. The molecule has 28 heavy (non-hydrogen) atoms. The molecule has 7 heteroatoms. The van der Waals surface area contributed by atoms with Crippen LogP contribution in [0.2, 0.25) is 0 Å². The molecule has 1 unspecified atom stereocenters. The fraction of sp³-hybridized carbons (Fsp3) is 0.381. The summed E-state index contributed by atoms with van der Waals surface area (Å²) in [5, 5.41) is 18.7. The summed E-state index contributed by atoms with van der Waals surface area (Å²) >= 11 is 0. The van der Waals surface area contributed by atoms with E-state index in [0.29, 0.717) is 25.3 Å². The quantitative estimate of drug-likeness (QED) is 0.647. The predicted molar refractivity (Wildman–Crippen MR) is 105 cm³/mol. The lowest BCUT2D eigenvalue weighted by molar-refractivity contribution is 0.0131. The van der Waals surface area contributed by atoms with Crippen LogP contribution in [0.5, 0.6) is 0 Å². The van der Waals surface area contributed by atoms with Crippen LogP contribution in [0.4, 0.5) is 0 Å². The number of aliphatic hydroxyl groups is 1. The van der Waals surface area contributed by atoms with Gasteiger partial charge in [0.15, 0.2) is 11.5 Å². The highest BCUT2D eigenvalue weighted by molar-refractivity contribution is 5.92. The number of aromatic nitrogens is 3. The van der Waals surface area contributed by atoms with E-state index in [-0.39, 0.29) is 18.1 Å². The van der Waals surface area contributed by atoms with Crippen molar-refractivity contribution in [2.45, 2.75) is 45.9 Å². The molecule has 2 aromatic heterocycles. The highest BCUT2D eigenvalue weighted by Gasteiger charge is 2.28.